The highest BCUT2D eigenvalue weighted by atomic mass is 35.5. The minimum absolute atomic E-state index is 0.0180. The number of hydrogen-bond acceptors (Lipinski definition) is 7. The highest BCUT2D eigenvalue weighted by molar-refractivity contribution is 6.35. The van der Waals surface area contributed by atoms with Crippen molar-refractivity contribution in [2.45, 2.75) is 76.1 Å². The number of allylic oxidation sites excluding steroid dienone is 3. The molecule has 6 atom stereocenters. The maximum absolute atomic E-state index is 13.2. The fourth-order valence-corrected chi connectivity index (χ4v) is 5.52. The van der Waals surface area contributed by atoms with E-state index in [1.807, 2.05) is 32.9 Å². The summed E-state index contributed by atoms with van der Waals surface area (Å²) in [5.41, 5.74) is -0.0838. The van der Waals surface area contributed by atoms with Crippen LogP contribution in [-0.4, -0.2) is 66.0 Å². The summed E-state index contributed by atoms with van der Waals surface area (Å²) in [7, 11) is 3.22. The molecule has 0 aliphatic carbocycles. The van der Waals surface area contributed by atoms with Crippen molar-refractivity contribution >= 4 is 29.3 Å². The first-order valence-electron chi connectivity index (χ1n) is 12.4. The quantitative estimate of drug-likeness (QED) is 0.471. The Labute approximate surface area is 222 Å². The van der Waals surface area contributed by atoms with Crippen LogP contribution in [0.1, 0.15) is 45.6 Å². The molecule has 1 unspecified atom stereocenters. The first kappa shape index (κ1) is 27.4. The molecule has 1 aromatic carbocycles. The summed E-state index contributed by atoms with van der Waals surface area (Å²) in [6, 6.07) is 3.69. The summed E-state index contributed by atoms with van der Waals surface area (Å²) < 4.78 is 16.9. The van der Waals surface area contributed by atoms with Gasteiger partial charge in [0.25, 0.3) is 0 Å². The smallest absolute Gasteiger partial charge is 0.409 e. The molecule has 3 aliphatic heterocycles. The van der Waals surface area contributed by atoms with Gasteiger partial charge in [-0.1, -0.05) is 42.3 Å². The maximum Gasteiger partial charge on any atom is 0.409 e. The molecule has 2 fully saturated rings. The van der Waals surface area contributed by atoms with Crippen molar-refractivity contribution in [2.24, 2.45) is 5.92 Å². The van der Waals surface area contributed by atoms with E-state index in [1.54, 1.807) is 19.2 Å². The zero-order valence-electron chi connectivity index (χ0n) is 21.8. The monoisotopic (exact) mass is 534 g/mol. The molecule has 2 amide bonds. The van der Waals surface area contributed by atoms with Gasteiger partial charge >= 0.3 is 6.09 Å². The number of epoxide rings is 1. The fourth-order valence-electron chi connectivity index (χ4n) is 5.20. The lowest BCUT2D eigenvalue weighted by Gasteiger charge is -2.40. The minimum atomic E-state index is -1.89. The summed E-state index contributed by atoms with van der Waals surface area (Å²) in [6.07, 6.45) is 2.94. The van der Waals surface area contributed by atoms with Crippen LogP contribution in [0, 0.1) is 5.92 Å². The van der Waals surface area contributed by atoms with E-state index >= 15 is 0 Å². The fraction of sp³-hybridized carbons (Fsp3) is 0.556. The topological polar surface area (TPSA) is 121 Å². The number of aliphatic hydroxyl groups excluding tert-OH is 1. The SMILES string of the molecule is COc1cc2cc(c1Cl)N(C)C(=O)CC[C@]1(C)OC1[C@H](C)[C@@H]1C[C@@](O)(NC(=O)O1)[C@H](O)/C=C/C=C(\C)C2. The number of carbonyl (C=O) groups excluding carboxylic acids is 2. The van der Waals surface area contributed by atoms with E-state index in [2.05, 4.69) is 5.32 Å². The van der Waals surface area contributed by atoms with Crippen LogP contribution in [0.5, 0.6) is 5.75 Å². The van der Waals surface area contributed by atoms with Gasteiger partial charge in [-0.25, -0.2) is 4.79 Å². The number of aliphatic hydroxyl groups is 2. The van der Waals surface area contributed by atoms with Gasteiger partial charge in [-0.3, -0.25) is 10.1 Å². The van der Waals surface area contributed by atoms with E-state index in [-0.39, 0.29) is 30.8 Å². The zero-order valence-corrected chi connectivity index (χ0v) is 22.5. The molecule has 2 saturated heterocycles. The Kier molecular flexibility index (Phi) is 7.63. The van der Waals surface area contributed by atoms with E-state index in [1.165, 1.54) is 18.1 Å². The van der Waals surface area contributed by atoms with E-state index in [9.17, 15) is 19.8 Å². The molecule has 1 aromatic rings. The number of ether oxygens (including phenoxy) is 3. The molecule has 0 spiro atoms. The number of rotatable bonds is 1. The summed E-state index contributed by atoms with van der Waals surface area (Å²) in [5.74, 6) is 0.0735. The second-order valence-electron chi connectivity index (χ2n) is 10.5. The molecule has 37 heavy (non-hydrogen) atoms. The first-order valence-corrected chi connectivity index (χ1v) is 12.8. The minimum Gasteiger partial charge on any atom is -0.495 e. The molecular formula is C27H35ClN2O7. The predicted octanol–water partition coefficient (Wildman–Crippen LogP) is 3.49. The molecular weight excluding hydrogens is 500 g/mol. The van der Waals surface area contributed by atoms with Crippen LogP contribution in [0.15, 0.2) is 35.9 Å². The Morgan fingerprint density at radius 1 is 1.30 bits per heavy atom. The van der Waals surface area contributed by atoms with Crippen LogP contribution in [-0.2, 0) is 20.7 Å². The van der Waals surface area contributed by atoms with Crippen molar-refractivity contribution < 1.29 is 34.0 Å². The second kappa shape index (κ2) is 10.3. The van der Waals surface area contributed by atoms with Gasteiger partial charge in [0.2, 0.25) is 5.91 Å². The largest absolute Gasteiger partial charge is 0.495 e. The van der Waals surface area contributed by atoms with Gasteiger partial charge in [-0.05, 0) is 44.4 Å². The molecule has 4 rings (SSSR count). The van der Waals surface area contributed by atoms with Crippen LogP contribution in [0.2, 0.25) is 5.02 Å². The van der Waals surface area contributed by atoms with Crippen molar-refractivity contribution in [1.82, 2.24) is 5.32 Å². The molecule has 3 N–H and O–H groups in total. The molecule has 10 heteroatoms. The van der Waals surface area contributed by atoms with E-state index < -0.39 is 29.6 Å². The lowest BCUT2D eigenvalue weighted by molar-refractivity contribution is -0.133. The van der Waals surface area contributed by atoms with E-state index in [0.29, 0.717) is 29.3 Å². The van der Waals surface area contributed by atoms with Gasteiger partial charge in [0.1, 0.15) is 23.0 Å². The first-order chi connectivity index (χ1) is 17.4. The van der Waals surface area contributed by atoms with E-state index in [4.69, 9.17) is 25.8 Å². The number of amides is 2. The van der Waals surface area contributed by atoms with Crippen molar-refractivity contribution in [3.05, 3.63) is 46.5 Å². The molecule has 4 bridgehead atoms. The van der Waals surface area contributed by atoms with Gasteiger partial charge in [0, 0.05) is 25.8 Å². The Morgan fingerprint density at radius 2 is 2.03 bits per heavy atom. The van der Waals surface area contributed by atoms with Crippen molar-refractivity contribution in [3.8, 4) is 5.75 Å². The normalized spacial score (nSPS) is 37.0. The second-order valence-corrected chi connectivity index (χ2v) is 10.9. The van der Waals surface area contributed by atoms with Crippen LogP contribution >= 0.6 is 11.6 Å². The number of halogens is 1. The zero-order chi connectivity index (χ0) is 27.1. The maximum atomic E-state index is 13.2. The molecule has 202 valence electrons. The molecule has 3 aliphatic rings. The van der Waals surface area contributed by atoms with Crippen LogP contribution in [0.4, 0.5) is 10.5 Å². The Morgan fingerprint density at radius 3 is 2.73 bits per heavy atom. The summed E-state index contributed by atoms with van der Waals surface area (Å²) in [6.45, 7) is 5.72. The number of nitrogens with one attached hydrogen (secondary N) is 1. The predicted molar refractivity (Wildman–Crippen MR) is 139 cm³/mol. The van der Waals surface area contributed by atoms with Gasteiger partial charge in [-0.2, -0.15) is 0 Å². The average Bonchev–Trinajstić information content (AvgIpc) is 3.52. The van der Waals surface area contributed by atoms with Gasteiger partial charge in [-0.15, -0.1) is 0 Å². The number of nitrogens with zero attached hydrogens (tertiary/aromatic N) is 1. The third-order valence-electron chi connectivity index (χ3n) is 7.61. The van der Waals surface area contributed by atoms with Crippen molar-refractivity contribution in [1.29, 1.82) is 0 Å². The lowest BCUT2D eigenvalue weighted by Crippen LogP contribution is -2.63. The Balaban J connectivity index is 1.69. The molecule has 0 saturated carbocycles. The molecule has 9 nitrogen and oxygen atoms in total. The van der Waals surface area contributed by atoms with Gasteiger partial charge < -0.3 is 29.3 Å². The number of hydrogen-bond donors (Lipinski definition) is 3. The third kappa shape index (κ3) is 5.65. The number of carbonyl (C=O) groups is 2. The molecule has 0 radical (unpaired) electrons. The van der Waals surface area contributed by atoms with Crippen LogP contribution in [0.25, 0.3) is 0 Å². The summed E-state index contributed by atoms with van der Waals surface area (Å²) >= 11 is 6.58. The molecule has 0 aromatic heterocycles. The summed E-state index contributed by atoms with van der Waals surface area (Å²) in [5, 5.41) is 24.6. The van der Waals surface area contributed by atoms with Crippen molar-refractivity contribution in [2.75, 3.05) is 19.1 Å². The number of methoxy groups -OCH3 is 1. The van der Waals surface area contributed by atoms with Crippen LogP contribution < -0.4 is 15.0 Å². The Bertz CT molecular complexity index is 1140. The third-order valence-corrected chi connectivity index (χ3v) is 7.99. The van der Waals surface area contributed by atoms with Gasteiger partial charge in [0.05, 0.1) is 24.5 Å². The Hall–Kier alpha value is -2.59. The van der Waals surface area contributed by atoms with Crippen LogP contribution in [0.3, 0.4) is 0 Å². The number of anilines is 1. The highest BCUT2D eigenvalue weighted by Gasteiger charge is 2.58. The highest BCUT2D eigenvalue weighted by Crippen LogP contribution is 2.47. The summed E-state index contributed by atoms with van der Waals surface area (Å²) in [4.78, 5) is 27.0. The number of alkyl carbamates (subject to hydrolysis) is 1. The standard InChI is InChI=1S/C27H35ClN2O7/c1-15-7-6-8-21(31)27(34)14-20(36-25(33)29-27)16(2)24-26(3,37-24)10-9-22(32)30(4)18-12-17(11-15)13-19(35-5)23(18)28/h6-8,12-13,16,20-21,24,31,34H,9-11,14H2,1-5H3,(H,29,33)/b8-6+,15-7+/t16-,20+,21-,24?,26+,27+/m1/s1. The number of fused-ring (bicyclic) bond motifs is 5. The lowest BCUT2D eigenvalue weighted by atomic mass is 9.84. The van der Waals surface area contributed by atoms with Gasteiger partial charge in [0.15, 0.2) is 5.72 Å². The van der Waals surface area contributed by atoms with Crippen molar-refractivity contribution in [3.63, 3.8) is 0 Å². The number of benzene rings is 1. The van der Waals surface area contributed by atoms with E-state index in [0.717, 1.165) is 11.1 Å². The molecule has 3 heterocycles. The average molecular weight is 535 g/mol.